The molecular weight excluding hydrogens is 160 g/mol. The van der Waals surface area contributed by atoms with Gasteiger partial charge in [-0.25, -0.2) is 0 Å². The molecule has 0 aliphatic heterocycles. The summed E-state index contributed by atoms with van der Waals surface area (Å²) in [6.45, 7) is 3.93. The van der Waals surface area contributed by atoms with Crippen molar-refractivity contribution in [3.8, 4) is 11.8 Å². The normalized spacial score (nSPS) is 11.6. The zero-order chi connectivity index (χ0) is 9.68. The Balaban J connectivity index is 2.83. The third-order valence-electron chi connectivity index (χ3n) is 1.91. The fraction of sp³-hybridized carbons (Fsp3) is 0.333. The topological polar surface area (TPSA) is 20.2 Å². The Labute approximate surface area is 79.4 Å². The van der Waals surface area contributed by atoms with Crippen molar-refractivity contribution in [2.75, 3.05) is 0 Å². The first-order chi connectivity index (χ1) is 6.24. The number of aliphatic hydroxyl groups is 1. The van der Waals surface area contributed by atoms with Crippen LogP contribution in [0.1, 0.15) is 24.5 Å². The molecule has 1 heteroatoms. The van der Waals surface area contributed by atoms with Crippen molar-refractivity contribution in [3.05, 3.63) is 35.4 Å². The number of aliphatic hydroxyl groups excluding tert-OH is 1. The highest BCUT2D eigenvalue weighted by atomic mass is 16.3. The summed E-state index contributed by atoms with van der Waals surface area (Å²) < 4.78 is 0. The Bertz CT molecular complexity index is 330. The van der Waals surface area contributed by atoms with Crippen LogP contribution < -0.4 is 0 Å². The second kappa shape index (κ2) is 4.69. The van der Waals surface area contributed by atoms with Crippen molar-refractivity contribution < 1.29 is 5.11 Å². The van der Waals surface area contributed by atoms with E-state index in [0.717, 1.165) is 11.1 Å². The predicted molar refractivity (Wildman–Crippen MR) is 54.4 cm³/mol. The maximum atomic E-state index is 9.24. The first-order valence-corrected chi connectivity index (χ1v) is 4.49. The van der Waals surface area contributed by atoms with E-state index in [4.69, 9.17) is 0 Å². The van der Waals surface area contributed by atoms with Gasteiger partial charge in [0.15, 0.2) is 0 Å². The van der Waals surface area contributed by atoms with Crippen LogP contribution in [0.4, 0.5) is 0 Å². The van der Waals surface area contributed by atoms with Gasteiger partial charge >= 0.3 is 0 Å². The van der Waals surface area contributed by atoms with Crippen LogP contribution in [0.5, 0.6) is 0 Å². The van der Waals surface area contributed by atoms with Crippen LogP contribution >= 0.6 is 0 Å². The van der Waals surface area contributed by atoms with Crippen molar-refractivity contribution in [1.29, 1.82) is 0 Å². The maximum Gasteiger partial charge on any atom is 0.114 e. The van der Waals surface area contributed by atoms with Gasteiger partial charge in [0, 0.05) is 5.56 Å². The summed E-state index contributed by atoms with van der Waals surface area (Å²) in [5.74, 6) is 5.76. The molecule has 0 aromatic heterocycles. The van der Waals surface area contributed by atoms with E-state index >= 15 is 0 Å². The maximum absolute atomic E-state index is 9.24. The molecule has 1 aromatic rings. The second-order valence-electron chi connectivity index (χ2n) is 3.01. The molecule has 0 amide bonds. The Hall–Kier alpha value is -1.26. The van der Waals surface area contributed by atoms with Crippen molar-refractivity contribution >= 4 is 0 Å². The van der Waals surface area contributed by atoms with E-state index in [-0.39, 0.29) is 0 Å². The number of hydrogen-bond acceptors (Lipinski definition) is 1. The van der Waals surface area contributed by atoms with Crippen LogP contribution in [0.3, 0.4) is 0 Å². The van der Waals surface area contributed by atoms with Gasteiger partial charge in [0.1, 0.15) is 6.10 Å². The SMILES string of the molecule is CCC(O)C#Cc1ccccc1C. The zero-order valence-corrected chi connectivity index (χ0v) is 8.04. The molecule has 1 N–H and O–H groups in total. The molecule has 1 atom stereocenters. The van der Waals surface area contributed by atoms with Gasteiger partial charge in [-0.3, -0.25) is 0 Å². The number of hydrogen-bond donors (Lipinski definition) is 1. The van der Waals surface area contributed by atoms with Gasteiger partial charge < -0.3 is 5.11 Å². The van der Waals surface area contributed by atoms with Gasteiger partial charge in [0.2, 0.25) is 0 Å². The van der Waals surface area contributed by atoms with Gasteiger partial charge in [-0.15, -0.1) is 0 Å². The summed E-state index contributed by atoms with van der Waals surface area (Å²) in [7, 11) is 0. The van der Waals surface area contributed by atoms with Gasteiger partial charge in [-0.1, -0.05) is 37.0 Å². The van der Waals surface area contributed by atoms with Crippen molar-refractivity contribution in [1.82, 2.24) is 0 Å². The lowest BCUT2D eigenvalue weighted by atomic mass is 10.1. The lowest BCUT2D eigenvalue weighted by Gasteiger charge is -1.97. The highest BCUT2D eigenvalue weighted by Gasteiger charge is 1.93. The Morgan fingerprint density at radius 3 is 2.69 bits per heavy atom. The van der Waals surface area contributed by atoms with Crippen LogP contribution in [-0.2, 0) is 0 Å². The van der Waals surface area contributed by atoms with Gasteiger partial charge in [-0.05, 0) is 25.0 Å². The molecule has 0 saturated heterocycles. The van der Waals surface area contributed by atoms with Crippen molar-refractivity contribution in [2.24, 2.45) is 0 Å². The first-order valence-electron chi connectivity index (χ1n) is 4.49. The molecule has 0 bridgehead atoms. The highest BCUT2D eigenvalue weighted by Crippen LogP contribution is 2.04. The van der Waals surface area contributed by atoms with Crippen molar-refractivity contribution in [2.45, 2.75) is 26.4 Å². The third-order valence-corrected chi connectivity index (χ3v) is 1.91. The van der Waals surface area contributed by atoms with E-state index < -0.39 is 6.10 Å². The monoisotopic (exact) mass is 174 g/mol. The largest absolute Gasteiger partial charge is 0.380 e. The van der Waals surface area contributed by atoms with Crippen LogP contribution in [0.2, 0.25) is 0 Å². The van der Waals surface area contributed by atoms with E-state index in [0.29, 0.717) is 6.42 Å². The molecule has 1 rings (SSSR count). The second-order valence-corrected chi connectivity index (χ2v) is 3.01. The van der Waals surface area contributed by atoms with E-state index in [2.05, 4.69) is 11.8 Å². The van der Waals surface area contributed by atoms with E-state index in [1.165, 1.54) is 0 Å². The number of aryl methyl sites for hydroxylation is 1. The molecule has 68 valence electrons. The lowest BCUT2D eigenvalue weighted by Crippen LogP contribution is -1.99. The number of rotatable bonds is 1. The standard InChI is InChI=1S/C12H14O/c1-3-12(13)9-8-11-7-5-4-6-10(11)2/h4-7,12-13H,3H2,1-2H3. The molecule has 0 radical (unpaired) electrons. The third kappa shape index (κ3) is 2.93. The quantitative estimate of drug-likeness (QED) is 0.646. The fourth-order valence-corrected chi connectivity index (χ4v) is 0.976. The summed E-state index contributed by atoms with van der Waals surface area (Å²) in [5, 5.41) is 9.24. The van der Waals surface area contributed by atoms with Gasteiger partial charge in [-0.2, -0.15) is 0 Å². The summed E-state index contributed by atoms with van der Waals surface area (Å²) >= 11 is 0. The van der Waals surface area contributed by atoms with Gasteiger partial charge in [0.25, 0.3) is 0 Å². The molecule has 1 aromatic carbocycles. The molecule has 0 aliphatic rings. The Kier molecular flexibility index (Phi) is 3.54. The van der Waals surface area contributed by atoms with Crippen LogP contribution in [-0.4, -0.2) is 11.2 Å². The molecule has 0 heterocycles. The molecule has 1 nitrogen and oxygen atoms in total. The summed E-state index contributed by atoms with van der Waals surface area (Å²) in [6, 6.07) is 7.92. The van der Waals surface area contributed by atoms with E-state index in [9.17, 15) is 5.11 Å². The summed E-state index contributed by atoms with van der Waals surface area (Å²) in [6.07, 6.45) is 0.179. The minimum atomic E-state index is -0.500. The molecule has 0 saturated carbocycles. The van der Waals surface area contributed by atoms with Crippen LogP contribution in [0, 0.1) is 18.8 Å². The van der Waals surface area contributed by atoms with Crippen LogP contribution in [0.25, 0.3) is 0 Å². The molecule has 13 heavy (non-hydrogen) atoms. The minimum Gasteiger partial charge on any atom is -0.380 e. The average molecular weight is 174 g/mol. The minimum absolute atomic E-state index is 0.500. The molecular formula is C12H14O. The van der Waals surface area contributed by atoms with Gasteiger partial charge in [0.05, 0.1) is 0 Å². The summed E-state index contributed by atoms with van der Waals surface area (Å²) in [5.41, 5.74) is 2.15. The molecule has 1 unspecified atom stereocenters. The predicted octanol–water partition coefficient (Wildman–Crippen LogP) is 2.12. The van der Waals surface area contributed by atoms with Crippen molar-refractivity contribution in [3.63, 3.8) is 0 Å². The van der Waals surface area contributed by atoms with Crippen LogP contribution in [0.15, 0.2) is 24.3 Å². The fourth-order valence-electron chi connectivity index (χ4n) is 0.976. The average Bonchev–Trinajstić information content (AvgIpc) is 2.16. The van der Waals surface area contributed by atoms with E-state index in [1.807, 2.05) is 38.1 Å². The molecule has 0 aliphatic carbocycles. The Morgan fingerprint density at radius 2 is 2.08 bits per heavy atom. The zero-order valence-electron chi connectivity index (χ0n) is 8.04. The van der Waals surface area contributed by atoms with E-state index in [1.54, 1.807) is 0 Å². The number of benzene rings is 1. The first kappa shape index (κ1) is 9.83. The Morgan fingerprint density at radius 1 is 1.38 bits per heavy atom. The molecule has 0 spiro atoms. The highest BCUT2D eigenvalue weighted by molar-refractivity contribution is 5.40. The molecule has 0 fully saturated rings. The lowest BCUT2D eigenvalue weighted by molar-refractivity contribution is 0.228. The smallest absolute Gasteiger partial charge is 0.114 e. The summed E-state index contributed by atoms with van der Waals surface area (Å²) in [4.78, 5) is 0.